The Labute approximate surface area is 89.7 Å². The van der Waals surface area contributed by atoms with Crippen LogP contribution in [0.2, 0.25) is 0 Å². The second kappa shape index (κ2) is 5.08. The molecule has 7 heteroatoms. The summed E-state index contributed by atoms with van der Waals surface area (Å²) in [7, 11) is 0. The molecule has 1 unspecified atom stereocenters. The highest BCUT2D eigenvalue weighted by Crippen LogP contribution is 1.92. The molecule has 7 nitrogen and oxygen atoms in total. The summed E-state index contributed by atoms with van der Waals surface area (Å²) in [6, 6.07) is 2.46. The number of aliphatic hydroxyl groups is 1. The van der Waals surface area contributed by atoms with Crippen LogP contribution in [0.15, 0.2) is 23.1 Å². The molecule has 1 atom stereocenters. The van der Waals surface area contributed by atoms with E-state index in [9.17, 15) is 14.4 Å². The van der Waals surface area contributed by atoms with Crippen LogP contribution in [-0.4, -0.2) is 39.7 Å². The minimum atomic E-state index is -1.65. The third-order valence-electron chi connectivity index (χ3n) is 1.79. The molecular formula is C9H10N2O5. The fourth-order valence-electron chi connectivity index (χ4n) is 0.931. The number of rotatable bonds is 4. The van der Waals surface area contributed by atoms with Gasteiger partial charge in [0.1, 0.15) is 0 Å². The number of aromatic nitrogens is 1. The molecule has 0 aliphatic rings. The van der Waals surface area contributed by atoms with Gasteiger partial charge in [-0.05, 0) is 6.07 Å². The summed E-state index contributed by atoms with van der Waals surface area (Å²) in [6.45, 7) is -0.396. The molecule has 1 heterocycles. The smallest absolute Gasteiger partial charge is 0.334 e. The number of nitrogens with one attached hydrogen (secondary N) is 2. The van der Waals surface area contributed by atoms with Crippen LogP contribution in [0.25, 0.3) is 0 Å². The fraction of sp³-hybridized carbons (Fsp3) is 0.222. The third-order valence-corrected chi connectivity index (χ3v) is 1.79. The molecule has 0 fully saturated rings. The highest BCUT2D eigenvalue weighted by atomic mass is 16.4. The summed E-state index contributed by atoms with van der Waals surface area (Å²) in [5.41, 5.74) is -0.167. The summed E-state index contributed by atoms with van der Waals surface area (Å²) in [5.74, 6) is -1.99. The zero-order valence-corrected chi connectivity index (χ0v) is 8.14. The molecule has 0 radical (unpaired) electrons. The standard InChI is InChI=1S/C9H10N2O5/c12-6(9(15)16)4-11-8(14)5-1-2-7(13)10-3-5/h1-3,6,12H,4H2,(H,10,13)(H,11,14)(H,15,16). The molecule has 1 aromatic rings. The van der Waals surface area contributed by atoms with Crippen LogP contribution in [0.3, 0.4) is 0 Å². The van der Waals surface area contributed by atoms with Crippen LogP contribution in [0, 0.1) is 0 Å². The Balaban J connectivity index is 2.56. The number of hydrogen-bond donors (Lipinski definition) is 4. The highest BCUT2D eigenvalue weighted by Gasteiger charge is 2.14. The quantitative estimate of drug-likeness (QED) is 0.500. The lowest BCUT2D eigenvalue weighted by molar-refractivity contribution is -0.146. The van der Waals surface area contributed by atoms with Gasteiger partial charge in [0, 0.05) is 12.3 Å². The van der Waals surface area contributed by atoms with E-state index in [1.807, 2.05) is 0 Å². The molecule has 4 N–H and O–H groups in total. The first kappa shape index (κ1) is 11.9. The summed E-state index contributed by atoms with van der Waals surface area (Å²) in [4.78, 5) is 34.6. The Hall–Kier alpha value is -2.15. The molecule has 0 saturated heterocycles. The summed E-state index contributed by atoms with van der Waals surface area (Å²) in [5, 5.41) is 19.5. The molecule has 1 amide bonds. The van der Waals surface area contributed by atoms with E-state index in [0.717, 1.165) is 0 Å². The number of aliphatic carboxylic acids is 1. The first-order chi connectivity index (χ1) is 7.50. The second-order valence-electron chi connectivity index (χ2n) is 3.01. The Morgan fingerprint density at radius 3 is 2.62 bits per heavy atom. The Morgan fingerprint density at radius 1 is 1.44 bits per heavy atom. The topological polar surface area (TPSA) is 119 Å². The molecule has 0 aliphatic heterocycles. The molecule has 0 bridgehead atoms. The lowest BCUT2D eigenvalue weighted by atomic mass is 10.2. The van der Waals surface area contributed by atoms with Crippen LogP contribution in [0.1, 0.15) is 10.4 Å². The van der Waals surface area contributed by atoms with E-state index in [-0.39, 0.29) is 11.1 Å². The number of carbonyl (C=O) groups excluding carboxylic acids is 1. The lowest BCUT2D eigenvalue weighted by Gasteiger charge is -2.07. The normalized spacial score (nSPS) is 11.8. The van der Waals surface area contributed by atoms with Crippen molar-refractivity contribution in [3.05, 3.63) is 34.2 Å². The monoisotopic (exact) mass is 226 g/mol. The van der Waals surface area contributed by atoms with E-state index in [1.165, 1.54) is 18.3 Å². The largest absolute Gasteiger partial charge is 0.479 e. The number of carbonyl (C=O) groups is 2. The van der Waals surface area contributed by atoms with Crippen molar-refractivity contribution in [1.29, 1.82) is 0 Å². The van der Waals surface area contributed by atoms with Gasteiger partial charge < -0.3 is 20.5 Å². The average molecular weight is 226 g/mol. The maximum Gasteiger partial charge on any atom is 0.334 e. The predicted molar refractivity (Wildman–Crippen MR) is 53.0 cm³/mol. The Morgan fingerprint density at radius 2 is 2.12 bits per heavy atom. The zero-order chi connectivity index (χ0) is 12.1. The van der Waals surface area contributed by atoms with Crippen molar-refractivity contribution in [3.63, 3.8) is 0 Å². The van der Waals surface area contributed by atoms with E-state index < -0.39 is 24.5 Å². The number of carboxylic acid groups (broad SMARTS) is 1. The number of pyridine rings is 1. The van der Waals surface area contributed by atoms with Crippen LogP contribution in [-0.2, 0) is 4.79 Å². The lowest BCUT2D eigenvalue weighted by Crippen LogP contribution is -2.36. The van der Waals surface area contributed by atoms with Crippen molar-refractivity contribution in [2.45, 2.75) is 6.10 Å². The predicted octanol–water partition coefficient (Wildman–Crippen LogP) is -1.45. The fourth-order valence-corrected chi connectivity index (χ4v) is 0.931. The third kappa shape index (κ3) is 3.21. The van der Waals surface area contributed by atoms with Crippen molar-refractivity contribution < 1.29 is 19.8 Å². The van der Waals surface area contributed by atoms with Gasteiger partial charge >= 0.3 is 5.97 Å². The van der Waals surface area contributed by atoms with Crippen LogP contribution in [0.4, 0.5) is 0 Å². The van der Waals surface area contributed by atoms with Crippen LogP contribution < -0.4 is 10.9 Å². The van der Waals surface area contributed by atoms with Gasteiger partial charge in [-0.15, -0.1) is 0 Å². The maximum atomic E-state index is 11.3. The van der Waals surface area contributed by atoms with Crippen molar-refractivity contribution in [1.82, 2.24) is 10.3 Å². The highest BCUT2D eigenvalue weighted by molar-refractivity contribution is 5.94. The van der Waals surface area contributed by atoms with Gasteiger partial charge in [0.25, 0.3) is 5.91 Å². The molecule has 86 valence electrons. The second-order valence-corrected chi connectivity index (χ2v) is 3.01. The van der Waals surface area contributed by atoms with Crippen molar-refractivity contribution >= 4 is 11.9 Å². The van der Waals surface area contributed by atoms with Gasteiger partial charge in [0.15, 0.2) is 6.10 Å². The summed E-state index contributed by atoms with van der Waals surface area (Å²) < 4.78 is 0. The van der Waals surface area contributed by atoms with Crippen molar-refractivity contribution in [2.24, 2.45) is 0 Å². The van der Waals surface area contributed by atoms with Crippen molar-refractivity contribution in [3.8, 4) is 0 Å². The summed E-state index contributed by atoms with van der Waals surface area (Å²) in [6.07, 6.45) is -0.447. The molecule has 0 aromatic carbocycles. The number of hydrogen-bond acceptors (Lipinski definition) is 4. The van der Waals surface area contributed by atoms with Gasteiger partial charge in [0.2, 0.25) is 5.56 Å². The Kier molecular flexibility index (Phi) is 3.78. The van der Waals surface area contributed by atoms with Gasteiger partial charge in [-0.2, -0.15) is 0 Å². The minimum Gasteiger partial charge on any atom is -0.479 e. The SMILES string of the molecule is O=C(NCC(O)C(=O)O)c1ccc(=O)[nH]c1. The van der Waals surface area contributed by atoms with Crippen LogP contribution in [0.5, 0.6) is 0 Å². The van der Waals surface area contributed by atoms with Gasteiger partial charge in [-0.1, -0.05) is 0 Å². The van der Waals surface area contributed by atoms with Gasteiger partial charge in [-0.25, -0.2) is 4.79 Å². The molecular weight excluding hydrogens is 216 g/mol. The molecule has 1 aromatic heterocycles. The van der Waals surface area contributed by atoms with E-state index in [0.29, 0.717) is 0 Å². The van der Waals surface area contributed by atoms with E-state index in [1.54, 1.807) is 0 Å². The van der Waals surface area contributed by atoms with Gasteiger partial charge in [-0.3, -0.25) is 9.59 Å². The molecule has 0 spiro atoms. The molecule has 1 rings (SSSR count). The van der Waals surface area contributed by atoms with Crippen molar-refractivity contribution in [2.75, 3.05) is 6.54 Å². The first-order valence-electron chi connectivity index (χ1n) is 4.38. The summed E-state index contributed by atoms with van der Waals surface area (Å²) >= 11 is 0. The van der Waals surface area contributed by atoms with Crippen LogP contribution >= 0.6 is 0 Å². The number of carboxylic acids is 1. The zero-order valence-electron chi connectivity index (χ0n) is 8.14. The number of amides is 1. The molecule has 0 saturated carbocycles. The first-order valence-corrected chi connectivity index (χ1v) is 4.38. The number of aliphatic hydroxyl groups excluding tert-OH is 1. The minimum absolute atomic E-state index is 0.178. The number of H-pyrrole nitrogens is 1. The Bertz CT molecular complexity index is 433. The maximum absolute atomic E-state index is 11.3. The van der Waals surface area contributed by atoms with Gasteiger partial charge in [0.05, 0.1) is 12.1 Å². The van der Waals surface area contributed by atoms with E-state index in [2.05, 4.69) is 10.3 Å². The number of aromatic amines is 1. The van der Waals surface area contributed by atoms with E-state index in [4.69, 9.17) is 10.2 Å². The molecule has 0 aliphatic carbocycles. The average Bonchev–Trinajstić information content (AvgIpc) is 2.26. The molecule has 16 heavy (non-hydrogen) atoms. The van der Waals surface area contributed by atoms with E-state index >= 15 is 0 Å².